The molecule has 0 N–H and O–H groups in total. The molecule has 1 aliphatic heterocycles. The molecule has 1 aliphatic rings. The van der Waals surface area contributed by atoms with E-state index in [0.29, 0.717) is 25.4 Å². The van der Waals surface area contributed by atoms with Crippen LogP contribution in [-0.4, -0.2) is 25.2 Å². The van der Waals surface area contributed by atoms with E-state index in [2.05, 4.69) is 60.5 Å². The third kappa shape index (κ3) is 6.61. The fraction of sp³-hybridized carbons (Fsp3) is 0.303. The van der Waals surface area contributed by atoms with Gasteiger partial charge in [-0.1, -0.05) is 42.3 Å². The van der Waals surface area contributed by atoms with E-state index in [9.17, 15) is 13.2 Å². The molecule has 1 aromatic heterocycles. The second kappa shape index (κ2) is 12.2. The zero-order chi connectivity index (χ0) is 28.3. The van der Waals surface area contributed by atoms with Gasteiger partial charge >= 0.3 is 0 Å². The molecule has 0 amide bonds. The Balaban J connectivity index is 1.31. The van der Waals surface area contributed by atoms with E-state index in [1.165, 1.54) is 32.3 Å². The Morgan fingerprint density at radius 2 is 1.80 bits per heavy atom. The van der Waals surface area contributed by atoms with Crippen LogP contribution in [0, 0.1) is 18.8 Å². The highest BCUT2D eigenvalue weighted by atomic mass is 35.5. The van der Waals surface area contributed by atoms with Gasteiger partial charge in [-0.3, -0.25) is 4.79 Å². The molecule has 5 rings (SSSR count). The maximum absolute atomic E-state index is 11.8. The lowest BCUT2D eigenvalue weighted by molar-refractivity contribution is -0.111. The molecule has 1 saturated heterocycles. The lowest BCUT2D eigenvalue weighted by Gasteiger charge is -2.23. The monoisotopic (exact) mass is 590 g/mol. The maximum Gasteiger partial charge on any atom is 0.223 e. The number of carbonyl (C=O) groups excluding carboxylic acids is 1. The number of thiophene rings is 1. The van der Waals surface area contributed by atoms with Crippen molar-refractivity contribution in [2.45, 2.75) is 51.6 Å². The summed E-state index contributed by atoms with van der Waals surface area (Å²) in [6, 6.07) is 20.7. The minimum Gasteiger partial charge on any atom is -0.489 e. The Labute approximate surface area is 245 Å². The van der Waals surface area contributed by atoms with E-state index < -0.39 is 15.1 Å². The van der Waals surface area contributed by atoms with Gasteiger partial charge in [0.15, 0.2) is 0 Å². The second-order valence-electron chi connectivity index (χ2n) is 10.3. The zero-order valence-electron chi connectivity index (χ0n) is 22.6. The third-order valence-corrected chi connectivity index (χ3v) is 10.4. The zero-order valence-corrected chi connectivity index (χ0v) is 25.0. The first kappa shape index (κ1) is 28.4. The highest BCUT2D eigenvalue weighted by Gasteiger charge is 2.25. The average Bonchev–Trinajstić information content (AvgIpc) is 3.35. The van der Waals surface area contributed by atoms with Gasteiger partial charge in [-0.05, 0) is 102 Å². The SMILES string of the molecule is CC#C[C@@H](CC(=O)Cl)c1ccc(OCc2ccc3scc(-c4ccc(C5CCS(=O)(=O)CC5)cc4C)c3c2)cc1. The summed E-state index contributed by atoms with van der Waals surface area (Å²) in [5, 5.41) is 3.02. The molecule has 4 aromatic rings. The second-order valence-corrected chi connectivity index (χ2v) is 14.0. The summed E-state index contributed by atoms with van der Waals surface area (Å²) in [6.07, 6.45) is 1.59. The fourth-order valence-corrected chi connectivity index (χ4v) is 7.98. The van der Waals surface area contributed by atoms with E-state index in [4.69, 9.17) is 16.3 Å². The Kier molecular flexibility index (Phi) is 8.65. The lowest BCUT2D eigenvalue weighted by atomic mass is 9.89. The number of sulfone groups is 1. The van der Waals surface area contributed by atoms with Gasteiger partial charge in [0.2, 0.25) is 5.24 Å². The van der Waals surface area contributed by atoms with Gasteiger partial charge in [0, 0.05) is 22.1 Å². The number of halogens is 1. The first-order chi connectivity index (χ1) is 19.2. The Morgan fingerprint density at radius 1 is 1.05 bits per heavy atom. The summed E-state index contributed by atoms with van der Waals surface area (Å²) < 4.78 is 31.0. The van der Waals surface area contributed by atoms with E-state index >= 15 is 0 Å². The van der Waals surface area contributed by atoms with Crippen LogP contribution >= 0.6 is 22.9 Å². The van der Waals surface area contributed by atoms with Crippen LogP contribution in [0.15, 0.2) is 66.0 Å². The van der Waals surface area contributed by atoms with Gasteiger partial charge in [-0.25, -0.2) is 8.42 Å². The fourth-order valence-electron chi connectivity index (χ4n) is 5.39. The Bertz CT molecular complexity index is 1690. The molecule has 3 aromatic carbocycles. The molecular weight excluding hydrogens is 560 g/mol. The molecule has 0 saturated carbocycles. The van der Waals surface area contributed by atoms with Crippen molar-refractivity contribution in [2.24, 2.45) is 0 Å². The van der Waals surface area contributed by atoms with E-state index in [1.807, 2.05) is 24.3 Å². The number of hydrogen-bond donors (Lipinski definition) is 0. The van der Waals surface area contributed by atoms with Crippen LogP contribution < -0.4 is 4.74 Å². The van der Waals surface area contributed by atoms with Crippen molar-refractivity contribution >= 4 is 48.1 Å². The molecule has 0 spiro atoms. The average molecular weight is 591 g/mol. The molecule has 40 heavy (non-hydrogen) atoms. The summed E-state index contributed by atoms with van der Waals surface area (Å²) in [4.78, 5) is 11.4. The van der Waals surface area contributed by atoms with Crippen LogP contribution in [0.2, 0.25) is 0 Å². The summed E-state index contributed by atoms with van der Waals surface area (Å²) in [6.45, 7) is 4.33. The molecule has 206 valence electrons. The summed E-state index contributed by atoms with van der Waals surface area (Å²) in [5.41, 5.74) is 6.87. The molecule has 0 aliphatic carbocycles. The number of fused-ring (bicyclic) bond motifs is 1. The standard InChI is InChI=1S/C33H31ClO4S2/c1-3-4-26(19-33(34)35)24-6-9-28(10-7-24)38-20-23-5-12-32-30(18-23)31(21-39-32)29-11-8-27(17-22(29)2)25-13-15-40(36,37)16-14-25/h5-12,17-18,21,25-26H,13-16,19-20H2,1-2H3/t26-/m0/s1. The van der Waals surface area contributed by atoms with Crippen molar-refractivity contribution in [3.63, 3.8) is 0 Å². The van der Waals surface area contributed by atoms with Crippen LogP contribution in [-0.2, 0) is 21.2 Å². The summed E-state index contributed by atoms with van der Waals surface area (Å²) in [5.74, 6) is 7.32. The predicted octanol–water partition coefficient (Wildman–Crippen LogP) is 8.01. The third-order valence-electron chi connectivity index (χ3n) is 7.58. The maximum atomic E-state index is 11.8. The minimum atomic E-state index is -2.87. The highest BCUT2D eigenvalue weighted by Crippen LogP contribution is 2.38. The van der Waals surface area contributed by atoms with E-state index in [1.54, 1.807) is 18.3 Å². The van der Waals surface area contributed by atoms with Gasteiger partial charge in [0.05, 0.1) is 17.4 Å². The molecule has 7 heteroatoms. The van der Waals surface area contributed by atoms with Gasteiger partial charge in [-0.2, -0.15) is 0 Å². The van der Waals surface area contributed by atoms with Gasteiger partial charge in [0.1, 0.15) is 22.2 Å². The number of rotatable bonds is 8. The molecule has 0 radical (unpaired) electrons. The van der Waals surface area contributed by atoms with E-state index in [-0.39, 0.29) is 23.8 Å². The summed E-state index contributed by atoms with van der Waals surface area (Å²) in [7, 11) is -2.87. The van der Waals surface area contributed by atoms with Gasteiger partial charge in [0.25, 0.3) is 0 Å². The van der Waals surface area contributed by atoms with Crippen molar-refractivity contribution in [3.05, 3.63) is 88.3 Å². The number of ether oxygens (including phenoxy) is 1. The van der Waals surface area contributed by atoms with Crippen molar-refractivity contribution in [1.82, 2.24) is 0 Å². The topological polar surface area (TPSA) is 60.4 Å². The molecular formula is C33H31ClO4S2. The Hall–Kier alpha value is -3.11. The van der Waals surface area contributed by atoms with Gasteiger partial charge < -0.3 is 4.74 Å². The number of benzene rings is 3. The largest absolute Gasteiger partial charge is 0.489 e. The first-order valence-corrected chi connectivity index (χ1v) is 16.4. The minimum absolute atomic E-state index is 0.179. The number of carbonyl (C=O) groups is 1. The van der Waals surface area contributed by atoms with Crippen LogP contribution in [0.4, 0.5) is 0 Å². The first-order valence-electron chi connectivity index (χ1n) is 13.4. The normalized spacial score (nSPS) is 15.8. The van der Waals surface area contributed by atoms with Crippen LogP contribution in [0.3, 0.4) is 0 Å². The molecule has 1 fully saturated rings. The molecule has 0 unspecified atom stereocenters. The smallest absolute Gasteiger partial charge is 0.223 e. The van der Waals surface area contributed by atoms with E-state index in [0.717, 1.165) is 16.9 Å². The lowest BCUT2D eigenvalue weighted by Crippen LogP contribution is -2.22. The summed E-state index contributed by atoms with van der Waals surface area (Å²) >= 11 is 7.33. The molecule has 0 bridgehead atoms. The molecule has 1 atom stereocenters. The van der Waals surface area contributed by atoms with Crippen molar-refractivity contribution < 1.29 is 17.9 Å². The van der Waals surface area contributed by atoms with Crippen LogP contribution in [0.5, 0.6) is 5.75 Å². The predicted molar refractivity (Wildman–Crippen MR) is 165 cm³/mol. The van der Waals surface area contributed by atoms with Crippen molar-refractivity contribution in [3.8, 4) is 28.7 Å². The van der Waals surface area contributed by atoms with Crippen molar-refractivity contribution in [2.75, 3.05) is 11.5 Å². The van der Waals surface area contributed by atoms with Crippen LogP contribution in [0.25, 0.3) is 21.2 Å². The number of aryl methyl sites for hydroxylation is 1. The molecule has 4 nitrogen and oxygen atoms in total. The van der Waals surface area contributed by atoms with Gasteiger partial charge in [-0.15, -0.1) is 17.3 Å². The van der Waals surface area contributed by atoms with Crippen LogP contribution in [0.1, 0.15) is 60.3 Å². The quantitative estimate of drug-likeness (QED) is 0.154. The molecule has 2 heterocycles. The van der Waals surface area contributed by atoms with Crippen molar-refractivity contribution in [1.29, 1.82) is 0 Å². The Morgan fingerprint density at radius 3 is 2.48 bits per heavy atom. The highest BCUT2D eigenvalue weighted by molar-refractivity contribution is 7.91. The number of hydrogen-bond acceptors (Lipinski definition) is 5.